The van der Waals surface area contributed by atoms with Crippen molar-refractivity contribution in [3.63, 3.8) is 0 Å². The van der Waals surface area contributed by atoms with Crippen molar-refractivity contribution in [3.05, 3.63) is 88.1 Å². The Morgan fingerprint density at radius 2 is 1.94 bits per heavy atom. The van der Waals surface area contributed by atoms with Crippen LogP contribution in [-0.4, -0.2) is 27.9 Å². The van der Waals surface area contributed by atoms with E-state index in [2.05, 4.69) is 39.0 Å². The van der Waals surface area contributed by atoms with E-state index in [0.717, 1.165) is 23.1 Å². The number of anilines is 1. The molecule has 0 bridgehead atoms. The summed E-state index contributed by atoms with van der Waals surface area (Å²) in [6.45, 7) is 2.05. The number of H-pyrrole nitrogens is 1. The molecule has 4 aromatic rings. The highest BCUT2D eigenvalue weighted by atomic mass is 35.5. The molecule has 0 aliphatic heterocycles. The molecule has 0 unspecified atom stereocenters. The summed E-state index contributed by atoms with van der Waals surface area (Å²) in [5, 5.41) is 3.29. The average Bonchev–Trinajstić information content (AvgIpc) is 3.28. The fourth-order valence-electron chi connectivity index (χ4n) is 3.55. The maximum atomic E-state index is 12.7. The highest BCUT2D eigenvalue weighted by Gasteiger charge is 2.21. The van der Waals surface area contributed by atoms with Crippen LogP contribution < -0.4 is 11.1 Å². The van der Waals surface area contributed by atoms with Crippen LogP contribution in [0.15, 0.2) is 60.8 Å². The van der Waals surface area contributed by atoms with E-state index in [4.69, 9.17) is 17.3 Å². The molecule has 33 heavy (non-hydrogen) atoms. The highest BCUT2D eigenvalue weighted by Crippen LogP contribution is 2.33. The molecular weight excluding hydrogens is 434 g/mol. The fourth-order valence-corrected chi connectivity index (χ4v) is 3.72. The van der Waals surface area contributed by atoms with Crippen molar-refractivity contribution in [2.24, 2.45) is 0 Å². The smallest absolute Gasteiger partial charge is 0.253 e. The normalized spacial score (nSPS) is 10.4. The standard InChI is InChI=1S/C26H22ClN5O/c1-3-17-11-12-19(27)13-20(17)24-21(25(33)29-2)14-22(31-24)23-18(15-30-26(28)32-23)10-9-16-7-5-4-6-8-16/h4-8,11-15,31H,3H2,1-2H3,(H,29,33)(H2,28,30,32). The first-order chi connectivity index (χ1) is 16.0. The molecule has 0 saturated heterocycles. The number of aryl methyl sites for hydroxylation is 1. The van der Waals surface area contributed by atoms with E-state index in [1.807, 2.05) is 48.5 Å². The van der Waals surface area contributed by atoms with Gasteiger partial charge in [-0.1, -0.05) is 54.6 Å². The van der Waals surface area contributed by atoms with Crippen molar-refractivity contribution >= 4 is 23.5 Å². The Morgan fingerprint density at radius 1 is 1.15 bits per heavy atom. The minimum Gasteiger partial charge on any atom is -0.368 e. The van der Waals surface area contributed by atoms with Crippen LogP contribution in [0, 0.1) is 11.8 Å². The number of hydrogen-bond donors (Lipinski definition) is 3. The minimum atomic E-state index is -0.228. The molecule has 0 fully saturated rings. The number of nitrogens with two attached hydrogens (primary N) is 1. The number of amides is 1. The molecule has 0 aliphatic rings. The fraction of sp³-hybridized carbons (Fsp3) is 0.115. The van der Waals surface area contributed by atoms with Crippen molar-refractivity contribution < 1.29 is 4.79 Å². The van der Waals surface area contributed by atoms with Gasteiger partial charge in [-0.2, -0.15) is 0 Å². The Bertz CT molecular complexity index is 1380. The number of nitrogens with zero attached hydrogens (tertiary/aromatic N) is 2. The molecule has 0 radical (unpaired) electrons. The average molecular weight is 456 g/mol. The zero-order valence-electron chi connectivity index (χ0n) is 18.2. The maximum absolute atomic E-state index is 12.7. The Balaban J connectivity index is 1.90. The molecule has 6 nitrogen and oxygen atoms in total. The third kappa shape index (κ3) is 4.74. The first-order valence-corrected chi connectivity index (χ1v) is 10.8. The molecule has 4 rings (SSSR count). The second-order valence-corrected chi connectivity index (χ2v) is 7.75. The zero-order chi connectivity index (χ0) is 23.4. The highest BCUT2D eigenvalue weighted by molar-refractivity contribution is 6.31. The van der Waals surface area contributed by atoms with Crippen LogP contribution in [0.25, 0.3) is 22.6 Å². The summed E-state index contributed by atoms with van der Waals surface area (Å²) >= 11 is 6.29. The second-order valence-electron chi connectivity index (χ2n) is 7.31. The van der Waals surface area contributed by atoms with E-state index in [1.54, 1.807) is 19.3 Å². The van der Waals surface area contributed by atoms with Crippen molar-refractivity contribution in [2.75, 3.05) is 12.8 Å². The lowest BCUT2D eigenvalue weighted by Gasteiger charge is -2.09. The number of benzene rings is 2. The number of halogens is 1. The van der Waals surface area contributed by atoms with Gasteiger partial charge in [0.15, 0.2) is 0 Å². The summed E-state index contributed by atoms with van der Waals surface area (Å²) in [5.41, 5.74) is 11.5. The molecule has 0 atom stereocenters. The van der Waals surface area contributed by atoms with Crippen LogP contribution in [0.4, 0.5) is 5.95 Å². The van der Waals surface area contributed by atoms with E-state index >= 15 is 0 Å². The van der Waals surface area contributed by atoms with E-state index in [1.165, 1.54) is 0 Å². The molecule has 0 aliphatic carbocycles. The van der Waals surface area contributed by atoms with Gasteiger partial charge in [0.2, 0.25) is 5.95 Å². The molecule has 2 aromatic carbocycles. The topological polar surface area (TPSA) is 96.7 Å². The summed E-state index contributed by atoms with van der Waals surface area (Å²) < 4.78 is 0. The van der Waals surface area contributed by atoms with Gasteiger partial charge in [0.25, 0.3) is 5.91 Å². The predicted molar refractivity (Wildman–Crippen MR) is 132 cm³/mol. The summed E-state index contributed by atoms with van der Waals surface area (Å²) in [4.78, 5) is 24.6. The molecule has 164 valence electrons. The number of rotatable bonds is 4. The third-order valence-electron chi connectivity index (χ3n) is 5.19. The summed E-state index contributed by atoms with van der Waals surface area (Å²) in [6, 6.07) is 17.0. The van der Waals surface area contributed by atoms with Gasteiger partial charge in [-0.25, -0.2) is 9.97 Å². The Labute approximate surface area is 197 Å². The van der Waals surface area contributed by atoms with Gasteiger partial charge in [-0.05, 0) is 42.3 Å². The number of nitrogen functional groups attached to an aromatic ring is 1. The quantitative estimate of drug-likeness (QED) is 0.389. The van der Waals surface area contributed by atoms with Crippen LogP contribution in [0.5, 0.6) is 0 Å². The van der Waals surface area contributed by atoms with Crippen LogP contribution in [-0.2, 0) is 6.42 Å². The van der Waals surface area contributed by atoms with Gasteiger partial charge >= 0.3 is 0 Å². The van der Waals surface area contributed by atoms with Crippen LogP contribution in [0.2, 0.25) is 5.02 Å². The lowest BCUT2D eigenvalue weighted by atomic mass is 10.00. The molecule has 0 saturated carbocycles. The van der Waals surface area contributed by atoms with Gasteiger partial charge in [0.1, 0.15) is 5.69 Å². The Morgan fingerprint density at radius 3 is 2.67 bits per heavy atom. The zero-order valence-corrected chi connectivity index (χ0v) is 19.0. The lowest BCUT2D eigenvalue weighted by molar-refractivity contribution is 0.0964. The van der Waals surface area contributed by atoms with Gasteiger partial charge in [-0.3, -0.25) is 4.79 Å². The molecule has 0 spiro atoms. The predicted octanol–water partition coefficient (Wildman–Crippen LogP) is 4.70. The monoisotopic (exact) mass is 455 g/mol. The summed E-state index contributed by atoms with van der Waals surface area (Å²) in [7, 11) is 1.59. The number of carbonyl (C=O) groups is 1. The van der Waals surface area contributed by atoms with Gasteiger partial charge < -0.3 is 16.0 Å². The molecule has 2 heterocycles. The van der Waals surface area contributed by atoms with Gasteiger partial charge in [0.05, 0.1) is 22.5 Å². The van der Waals surface area contributed by atoms with E-state index in [-0.39, 0.29) is 11.9 Å². The molecular formula is C26H22ClN5O. The minimum absolute atomic E-state index is 0.116. The molecule has 1 amide bonds. The van der Waals surface area contributed by atoms with Crippen LogP contribution in [0.3, 0.4) is 0 Å². The first kappa shape index (κ1) is 22.1. The van der Waals surface area contributed by atoms with E-state index in [0.29, 0.717) is 33.2 Å². The van der Waals surface area contributed by atoms with Crippen molar-refractivity contribution in [3.8, 4) is 34.5 Å². The third-order valence-corrected chi connectivity index (χ3v) is 5.42. The maximum Gasteiger partial charge on any atom is 0.253 e. The van der Waals surface area contributed by atoms with E-state index in [9.17, 15) is 4.79 Å². The number of carbonyl (C=O) groups excluding carboxylic acids is 1. The van der Waals surface area contributed by atoms with Crippen molar-refractivity contribution in [2.45, 2.75) is 13.3 Å². The number of nitrogens with one attached hydrogen (secondary N) is 2. The molecule has 7 heteroatoms. The summed E-state index contributed by atoms with van der Waals surface area (Å²) in [6.07, 6.45) is 2.37. The molecule has 2 aromatic heterocycles. The summed E-state index contributed by atoms with van der Waals surface area (Å²) in [5.74, 6) is 6.14. The first-order valence-electron chi connectivity index (χ1n) is 10.4. The van der Waals surface area contributed by atoms with Crippen LogP contribution >= 0.6 is 11.6 Å². The lowest BCUT2D eigenvalue weighted by Crippen LogP contribution is -2.18. The Hall–Kier alpha value is -4.08. The van der Waals surface area contributed by atoms with E-state index < -0.39 is 0 Å². The van der Waals surface area contributed by atoms with Gasteiger partial charge in [-0.15, -0.1) is 0 Å². The number of aromatic nitrogens is 3. The largest absolute Gasteiger partial charge is 0.368 e. The number of aromatic amines is 1. The number of hydrogen-bond acceptors (Lipinski definition) is 4. The second kappa shape index (κ2) is 9.60. The molecule has 4 N–H and O–H groups in total. The Kier molecular flexibility index (Phi) is 6.43. The van der Waals surface area contributed by atoms with Gasteiger partial charge in [0, 0.05) is 29.4 Å². The SMILES string of the molecule is CCc1ccc(Cl)cc1-c1[nH]c(-c2nc(N)ncc2C#Cc2ccccc2)cc1C(=O)NC. The van der Waals surface area contributed by atoms with Crippen molar-refractivity contribution in [1.82, 2.24) is 20.3 Å². The van der Waals surface area contributed by atoms with Crippen molar-refractivity contribution in [1.29, 1.82) is 0 Å². The van der Waals surface area contributed by atoms with Crippen LogP contribution in [0.1, 0.15) is 34.0 Å².